The van der Waals surface area contributed by atoms with E-state index < -0.39 is 18.3 Å². The van der Waals surface area contributed by atoms with Gasteiger partial charge in [0.15, 0.2) is 0 Å². The number of hydrogen-bond donors (Lipinski definition) is 1. The Kier molecular flexibility index (Phi) is 5.43. The van der Waals surface area contributed by atoms with Gasteiger partial charge in [-0.2, -0.15) is 8.78 Å². The van der Waals surface area contributed by atoms with Crippen LogP contribution in [0.2, 0.25) is 0 Å². The molecule has 2 aromatic rings. The predicted octanol–water partition coefficient (Wildman–Crippen LogP) is 4.12. The third kappa shape index (κ3) is 4.77. The van der Waals surface area contributed by atoms with Gasteiger partial charge in [-0.15, -0.1) is 0 Å². The fourth-order valence-corrected chi connectivity index (χ4v) is 2.22. The number of hydrogen-bond acceptors (Lipinski definition) is 2. The summed E-state index contributed by atoms with van der Waals surface area (Å²) >= 11 is 3.11. The molecule has 0 aromatic heterocycles. The summed E-state index contributed by atoms with van der Waals surface area (Å²) in [5.74, 6) is -0.916. The quantitative estimate of drug-likeness (QED) is 0.855. The molecule has 7 heteroatoms. The highest BCUT2D eigenvalue weighted by Gasteiger charge is 2.08. The van der Waals surface area contributed by atoms with Gasteiger partial charge >= 0.3 is 6.61 Å². The lowest BCUT2D eigenvalue weighted by Crippen LogP contribution is -2.22. The van der Waals surface area contributed by atoms with Crippen molar-refractivity contribution in [1.82, 2.24) is 5.32 Å². The first-order valence-electron chi connectivity index (χ1n) is 6.22. The largest absolute Gasteiger partial charge is 0.435 e. The highest BCUT2D eigenvalue weighted by atomic mass is 79.9. The van der Waals surface area contributed by atoms with E-state index in [1.54, 1.807) is 12.1 Å². The summed E-state index contributed by atoms with van der Waals surface area (Å²) in [6, 6.07) is 9.74. The van der Waals surface area contributed by atoms with Gasteiger partial charge in [0.1, 0.15) is 11.6 Å². The third-order valence-electron chi connectivity index (χ3n) is 2.73. The predicted molar refractivity (Wildman–Crippen MR) is 78.3 cm³/mol. The van der Waals surface area contributed by atoms with Crippen molar-refractivity contribution in [2.75, 3.05) is 0 Å². The molecule has 2 aromatic carbocycles. The second-order valence-corrected chi connectivity index (χ2v) is 5.28. The van der Waals surface area contributed by atoms with Crippen LogP contribution in [-0.2, 0) is 6.54 Å². The Morgan fingerprint density at radius 1 is 1.18 bits per heavy atom. The second-order valence-electron chi connectivity index (χ2n) is 4.36. The number of rotatable bonds is 5. The van der Waals surface area contributed by atoms with Crippen LogP contribution < -0.4 is 10.1 Å². The lowest BCUT2D eigenvalue weighted by Gasteiger charge is -2.08. The van der Waals surface area contributed by atoms with Gasteiger partial charge in [-0.1, -0.05) is 28.1 Å². The summed E-state index contributed by atoms with van der Waals surface area (Å²) in [5, 5.41) is 2.61. The Morgan fingerprint density at radius 2 is 1.86 bits per heavy atom. The molecule has 0 aliphatic heterocycles. The number of halogens is 4. The van der Waals surface area contributed by atoms with E-state index in [4.69, 9.17) is 0 Å². The average Bonchev–Trinajstić information content (AvgIpc) is 2.44. The maximum absolute atomic E-state index is 13.2. The van der Waals surface area contributed by atoms with Crippen LogP contribution in [0, 0.1) is 5.82 Å². The zero-order valence-corrected chi connectivity index (χ0v) is 12.7. The first-order valence-corrected chi connectivity index (χ1v) is 7.01. The minimum atomic E-state index is -2.88. The molecule has 0 bridgehead atoms. The summed E-state index contributed by atoms with van der Waals surface area (Å²) in [4.78, 5) is 11.9. The van der Waals surface area contributed by atoms with Crippen LogP contribution in [0.25, 0.3) is 0 Å². The Hall–Kier alpha value is -2.02. The molecule has 1 amide bonds. The highest BCUT2D eigenvalue weighted by molar-refractivity contribution is 9.10. The van der Waals surface area contributed by atoms with Crippen LogP contribution in [0.15, 0.2) is 46.9 Å². The lowest BCUT2D eigenvalue weighted by atomic mass is 10.2. The monoisotopic (exact) mass is 373 g/mol. The topological polar surface area (TPSA) is 38.3 Å². The summed E-state index contributed by atoms with van der Waals surface area (Å²) in [7, 11) is 0. The number of nitrogens with one attached hydrogen (secondary N) is 1. The van der Waals surface area contributed by atoms with E-state index in [0.29, 0.717) is 10.0 Å². The SMILES string of the molecule is O=C(NCc1ccc(OC(F)F)cc1)c1cc(F)cc(Br)c1. The van der Waals surface area contributed by atoms with Crippen LogP contribution in [0.4, 0.5) is 13.2 Å². The Bertz CT molecular complexity index is 642. The van der Waals surface area contributed by atoms with E-state index in [9.17, 15) is 18.0 Å². The molecule has 22 heavy (non-hydrogen) atoms. The zero-order valence-electron chi connectivity index (χ0n) is 11.2. The van der Waals surface area contributed by atoms with Crippen LogP contribution in [0.5, 0.6) is 5.75 Å². The number of benzene rings is 2. The molecule has 2 rings (SSSR count). The zero-order chi connectivity index (χ0) is 16.1. The molecule has 0 spiro atoms. The molecule has 0 radical (unpaired) electrons. The molecule has 3 nitrogen and oxygen atoms in total. The van der Waals surface area contributed by atoms with Crippen molar-refractivity contribution in [1.29, 1.82) is 0 Å². The number of alkyl halides is 2. The smallest absolute Gasteiger partial charge is 0.387 e. The summed E-state index contributed by atoms with van der Waals surface area (Å²) in [5.41, 5.74) is 0.884. The average molecular weight is 374 g/mol. The maximum atomic E-state index is 13.2. The van der Waals surface area contributed by atoms with Gasteiger partial charge in [-0.3, -0.25) is 4.79 Å². The first kappa shape index (κ1) is 16.4. The van der Waals surface area contributed by atoms with Gasteiger partial charge in [0, 0.05) is 16.6 Å². The van der Waals surface area contributed by atoms with Crippen LogP contribution >= 0.6 is 15.9 Å². The molecule has 0 unspecified atom stereocenters. The Labute approximate surface area is 133 Å². The van der Waals surface area contributed by atoms with Crippen LogP contribution in [0.1, 0.15) is 15.9 Å². The van der Waals surface area contributed by atoms with E-state index >= 15 is 0 Å². The molecule has 0 saturated heterocycles. The van der Waals surface area contributed by atoms with E-state index in [2.05, 4.69) is 26.0 Å². The lowest BCUT2D eigenvalue weighted by molar-refractivity contribution is -0.0498. The second kappa shape index (κ2) is 7.31. The fraction of sp³-hybridized carbons (Fsp3) is 0.133. The molecule has 0 atom stereocenters. The highest BCUT2D eigenvalue weighted by Crippen LogP contribution is 2.16. The molecule has 0 aliphatic rings. The molecule has 1 N–H and O–H groups in total. The van der Waals surface area contributed by atoms with Crippen molar-refractivity contribution in [3.05, 3.63) is 63.9 Å². The molecular formula is C15H11BrF3NO2. The minimum absolute atomic E-state index is 0.0409. The maximum Gasteiger partial charge on any atom is 0.387 e. The van der Waals surface area contributed by atoms with Gasteiger partial charge in [-0.25, -0.2) is 4.39 Å². The molecule has 0 saturated carbocycles. The van der Waals surface area contributed by atoms with Crippen molar-refractivity contribution < 1.29 is 22.7 Å². The number of carbonyl (C=O) groups is 1. The molecule has 0 heterocycles. The van der Waals surface area contributed by atoms with Crippen LogP contribution in [-0.4, -0.2) is 12.5 Å². The van der Waals surface area contributed by atoms with Gasteiger partial charge in [0.25, 0.3) is 5.91 Å². The molecule has 0 aliphatic carbocycles. The molecular weight excluding hydrogens is 363 g/mol. The number of amides is 1. The van der Waals surface area contributed by atoms with Crippen molar-refractivity contribution >= 4 is 21.8 Å². The van der Waals surface area contributed by atoms with Crippen molar-refractivity contribution in [2.45, 2.75) is 13.2 Å². The van der Waals surface area contributed by atoms with E-state index in [1.807, 2.05) is 0 Å². The van der Waals surface area contributed by atoms with Crippen molar-refractivity contribution in [3.63, 3.8) is 0 Å². The first-order chi connectivity index (χ1) is 10.4. The summed E-state index contributed by atoms with van der Waals surface area (Å²) in [6.07, 6.45) is 0. The molecule has 116 valence electrons. The van der Waals surface area contributed by atoms with Crippen molar-refractivity contribution in [3.8, 4) is 5.75 Å². The van der Waals surface area contributed by atoms with Crippen LogP contribution in [0.3, 0.4) is 0 Å². The number of carbonyl (C=O) groups excluding carboxylic acids is 1. The van der Waals surface area contributed by atoms with E-state index in [0.717, 1.165) is 6.07 Å². The minimum Gasteiger partial charge on any atom is -0.435 e. The normalized spacial score (nSPS) is 10.6. The van der Waals surface area contributed by atoms with E-state index in [1.165, 1.54) is 24.3 Å². The summed E-state index contributed by atoms with van der Waals surface area (Å²) < 4.78 is 41.9. The Morgan fingerprint density at radius 3 is 2.45 bits per heavy atom. The molecule has 0 fully saturated rings. The fourth-order valence-electron chi connectivity index (χ4n) is 1.76. The number of ether oxygens (including phenoxy) is 1. The third-order valence-corrected chi connectivity index (χ3v) is 3.18. The van der Waals surface area contributed by atoms with Gasteiger partial charge < -0.3 is 10.1 Å². The van der Waals surface area contributed by atoms with Gasteiger partial charge in [0.2, 0.25) is 0 Å². The van der Waals surface area contributed by atoms with Crippen molar-refractivity contribution in [2.24, 2.45) is 0 Å². The summed E-state index contributed by atoms with van der Waals surface area (Å²) in [6.45, 7) is -2.70. The standard InChI is InChI=1S/C15H11BrF3NO2/c16-11-5-10(6-12(17)7-11)14(21)20-8-9-1-3-13(4-2-9)22-15(18)19/h1-7,15H,8H2,(H,20,21). The van der Waals surface area contributed by atoms with Gasteiger partial charge in [0.05, 0.1) is 0 Å². The van der Waals surface area contributed by atoms with E-state index in [-0.39, 0.29) is 17.9 Å². The van der Waals surface area contributed by atoms with Gasteiger partial charge in [-0.05, 0) is 35.9 Å². The Balaban J connectivity index is 1.96.